The lowest BCUT2D eigenvalue weighted by Crippen LogP contribution is -2.29. The van der Waals surface area contributed by atoms with Crippen LogP contribution in [0.5, 0.6) is 5.75 Å². The summed E-state index contributed by atoms with van der Waals surface area (Å²) < 4.78 is 11.2. The van der Waals surface area contributed by atoms with E-state index in [9.17, 15) is 4.79 Å². The van der Waals surface area contributed by atoms with Crippen molar-refractivity contribution in [1.82, 2.24) is 20.5 Å². The molecule has 2 amide bonds. The minimum absolute atomic E-state index is 0.195. The van der Waals surface area contributed by atoms with Crippen molar-refractivity contribution in [2.45, 2.75) is 31.8 Å². The Bertz CT molecular complexity index is 639. The van der Waals surface area contributed by atoms with E-state index in [2.05, 4.69) is 25.8 Å². The maximum absolute atomic E-state index is 11.9. The van der Waals surface area contributed by atoms with Crippen LogP contribution in [-0.2, 0) is 11.2 Å². The second kappa shape index (κ2) is 9.03. The van der Waals surface area contributed by atoms with Crippen LogP contribution in [0.4, 0.5) is 10.5 Å². The van der Waals surface area contributed by atoms with Crippen molar-refractivity contribution in [1.29, 1.82) is 0 Å². The summed E-state index contributed by atoms with van der Waals surface area (Å²) in [5.74, 6) is 1.59. The van der Waals surface area contributed by atoms with Crippen molar-refractivity contribution in [2.75, 3.05) is 25.1 Å². The molecule has 8 heteroatoms. The number of ether oxygens (including phenoxy) is 2. The Morgan fingerprint density at radius 2 is 2.24 bits per heavy atom. The van der Waals surface area contributed by atoms with Gasteiger partial charge in [-0.15, -0.1) is 0 Å². The molecule has 0 bridgehead atoms. The number of carbonyl (C=O) groups is 1. The molecule has 1 fully saturated rings. The fourth-order valence-corrected chi connectivity index (χ4v) is 2.58. The number of nitrogens with zero attached hydrogens (tertiary/aromatic N) is 2. The van der Waals surface area contributed by atoms with Crippen LogP contribution in [0.3, 0.4) is 0 Å². The molecule has 8 nitrogen and oxygen atoms in total. The van der Waals surface area contributed by atoms with E-state index in [-0.39, 0.29) is 12.1 Å². The second-order valence-electron chi connectivity index (χ2n) is 5.89. The molecule has 3 N–H and O–H groups in total. The Labute approximate surface area is 146 Å². The predicted octanol–water partition coefficient (Wildman–Crippen LogP) is 2.12. The van der Waals surface area contributed by atoms with Crippen LogP contribution >= 0.6 is 0 Å². The van der Waals surface area contributed by atoms with Gasteiger partial charge in [-0.25, -0.2) is 9.78 Å². The number of anilines is 1. The van der Waals surface area contributed by atoms with Gasteiger partial charge in [0, 0.05) is 25.3 Å². The summed E-state index contributed by atoms with van der Waals surface area (Å²) in [6.07, 6.45) is 5.36. The molecule has 1 atom stereocenters. The number of carbonyl (C=O) groups excluding carboxylic acids is 1. The summed E-state index contributed by atoms with van der Waals surface area (Å²) in [7, 11) is 0. The van der Waals surface area contributed by atoms with Gasteiger partial charge in [-0.1, -0.05) is 0 Å². The first-order valence-corrected chi connectivity index (χ1v) is 8.53. The minimum atomic E-state index is -0.231. The first-order valence-electron chi connectivity index (χ1n) is 8.53. The molecule has 0 spiro atoms. The first kappa shape index (κ1) is 17.2. The van der Waals surface area contributed by atoms with Gasteiger partial charge in [0.15, 0.2) is 0 Å². The van der Waals surface area contributed by atoms with Gasteiger partial charge in [0.2, 0.25) is 0 Å². The Balaban J connectivity index is 1.33. The van der Waals surface area contributed by atoms with Gasteiger partial charge >= 0.3 is 6.03 Å². The van der Waals surface area contributed by atoms with Crippen LogP contribution in [0.25, 0.3) is 0 Å². The zero-order valence-corrected chi connectivity index (χ0v) is 14.0. The average Bonchev–Trinajstić information content (AvgIpc) is 3.32. The van der Waals surface area contributed by atoms with E-state index in [1.807, 2.05) is 24.3 Å². The number of amides is 2. The summed E-state index contributed by atoms with van der Waals surface area (Å²) in [6.45, 7) is 1.96. The maximum atomic E-state index is 11.9. The summed E-state index contributed by atoms with van der Waals surface area (Å²) >= 11 is 0. The molecule has 134 valence electrons. The van der Waals surface area contributed by atoms with E-state index in [4.69, 9.17) is 9.47 Å². The van der Waals surface area contributed by atoms with E-state index in [0.29, 0.717) is 13.2 Å². The van der Waals surface area contributed by atoms with Crippen molar-refractivity contribution in [3.63, 3.8) is 0 Å². The largest absolute Gasteiger partial charge is 0.491 e. The maximum Gasteiger partial charge on any atom is 0.319 e. The van der Waals surface area contributed by atoms with E-state index in [1.165, 1.54) is 6.33 Å². The van der Waals surface area contributed by atoms with E-state index in [0.717, 1.165) is 49.6 Å². The molecule has 1 saturated heterocycles. The quantitative estimate of drug-likeness (QED) is 0.636. The molecular weight excluding hydrogens is 322 g/mol. The normalized spacial score (nSPS) is 16.6. The molecule has 0 radical (unpaired) electrons. The zero-order valence-electron chi connectivity index (χ0n) is 14.0. The predicted molar refractivity (Wildman–Crippen MR) is 92.6 cm³/mol. The highest BCUT2D eigenvalue weighted by atomic mass is 16.5. The monoisotopic (exact) mass is 345 g/mol. The number of nitrogens with one attached hydrogen (secondary N) is 3. The third kappa shape index (κ3) is 5.75. The van der Waals surface area contributed by atoms with Gasteiger partial charge in [0.1, 0.15) is 24.5 Å². The van der Waals surface area contributed by atoms with Crippen LogP contribution in [0, 0.1) is 0 Å². The van der Waals surface area contributed by atoms with Crippen LogP contribution in [-0.4, -0.2) is 47.1 Å². The first-order chi connectivity index (χ1) is 12.3. The summed E-state index contributed by atoms with van der Waals surface area (Å²) in [5.41, 5.74) is 0.720. The van der Waals surface area contributed by atoms with E-state index >= 15 is 0 Å². The average molecular weight is 345 g/mol. The van der Waals surface area contributed by atoms with E-state index < -0.39 is 0 Å². The SMILES string of the molecule is O=C(NCCCc1ncn[nH]1)Nc1ccc(OCC2CCCO2)cc1. The molecule has 1 aliphatic heterocycles. The molecule has 0 saturated carbocycles. The minimum Gasteiger partial charge on any atom is -0.491 e. The number of urea groups is 1. The van der Waals surface area contributed by atoms with Crippen LogP contribution in [0.1, 0.15) is 25.1 Å². The summed E-state index contributed by atoms with van der Waals surface area (Å²) in [4.78, 5) is 15.9. The van der Waals surface area contributed by atoms with Crippen LogP contribution < -0.4 is 15.4 Å². The molecule has 1 aromatic heterocycles. The fourth-order valence-electron chi connectivity index (χ4n) is 2.58. The lowest BCUT2D eigenvalue weighted by Gasteiger charge is -2.12. The Morgan fingerprint density at radius 3 is 2.96 bits per heavy atom. The molecular formula is C17H23N5O3. The molecule has 25 heavy (non-hydrogen) atoms. The van der Waals surface area contributed by atoms with Gasteiger partial charge in [-0.3, -0.25) is 5.10 Å². The Hall–Kier alpha value is -2.61. The highest BCUT2D eigenvalue weighted by Gasteiger charge is 2.15. The smallest absolute Gasteiger partial charge is 0.319 e. The molecule has 2 heterocycles. The number of H-pyrrole nitrogens is 1. The topological polar surface area (TPSA) is 101 Å². The number of aromatic nitrogens is 3. The van der Waals surface area contributed by atoms with Crippen molar-refractivity contribution in [3.8, 4) is 5.75 Å². The highest BCUT2D eigenvalue weighted by Crippen LogP contribution is 2.18. The number of rotatable bonds is 8. The lowest BCUT2D eigenvalue weighted by atomic mass is 10.2. The molecule has 1 aliphatic rings. The molecule has 1 unspecified atom stereocenters. The molecule has 2 aromatic rings. The highest BCUT2D eigenvalue weighted by molar-refractivity contribution is 5.89. The third-order valence-corrected chi connectivity index (χ3v) is 3.91. The summed E-state index contributed by atoms with van der Waals surface area (Å²) in [6, 6.07) is 7.09. The number of benzene rings is 1. The lowest BCUT2D eigenvalue weighted by molar-refractivity contribution is 0.0679. The summed E-state index contributed by atoms with van der Waals surface area (Å²) in [5, 5.41) is 12.2. The second-order valence-corrected chi connectivity index (χ2v) is 5.89. The van der Waals surface area contributed by atoms with Crippen molar-refractivity contribution >= 4 is 11.7 Å². The number of aryl methyl sites for hydroxylation is 1. The Morgan fingerprint density at radius 1 is 1.36 bits per heavy atom. The van der Waals surface area contributed by atoms with Gasteiger partial charge in [-0.05, 0) is 43.5 Å². The molecule has 1 aromatic carbocycles. The number of hydrogen-bond donors (Lipinski definition) is 3. The zero-order chi connectivity index (χ0) is 17.3. The fraction of sp³-hybridized carbons (Fsp3) is 0.471. The molecule has 0 aliphatic carbocycles. The molecule has 3 rings (SSSR count). The number of hydrogen-bond acceptors (Lipinski definition) is 5. The van der Waals surface area contributed by atoms with Crippen LogP contribution in [0.2, 0.25) is 0 Å². The number of aromatic amines is 1. The van der Waals surface area contributed by atoms with E-state index in [1.54, 1.807) is 0 Å². The van der Waals surface area contributed by atoms with Crippen molar-refractivity contribution in [3.05, 3.63) is 36.4 Å². The van der Waals surface area contributed by atoms with Crippen molar-refractivity contribution < 1.29 is 14.3 Å². The van der Waals surface area contributed by atoms with Gasteiger partial charge in [0.05, 0.1) is 6.10 Å². The van der Waals surface area contributed by atoms with Crippen LogP contribution in [0.15, 0.2) is 30.6 Å². The van der Waals surface area contributed by atoms with Gasteiger partial charge in [-0.2, -0.15) is 5.10 Å². The van der Waals surface area contributed by atoms with Crippen molar-refractivity contribution in [2.24, 2.45) is 0 Å². The Kier molecular flexibility index (Phi) is 6.22. The third-order valence-electron chi connectivity index (χ3n) is 3.91. The van der Waals surface area contributed by atoms with Gasteiger partial charge in [0.25, 0.3) is 0 Å². The standard InChI is InChI=1S/C17H23N5O3/c23-17(18-9-1-4-16-19-12-20-22-16)21-13-5-7-14(8-6-13)25-11-15-3-2-10-24-15/h5-8,12,15H,1-4,9-11H2,(H2,18,21,23)(H,19,20,22). The van der Waals surface area contributed by atoms with Gasteiger partial charge < -0.3 is 20.1 Å².